The molecule has 1 fully saturated rings. The van der Waals surface area contributed by atoms with Crippen molar-refractivity contribution >= 4 is 43.2 Å². The first-order chi connectivity index (χ1) is 7.63. The van der Waals surface area contributed by atoms with Gasteiger partial charge in [-0.3, -0.25) is 0 Å². The second kappa shape index (κ2) is 5.51. The van der Waals surface area contributed by atoms with Gasteiger partial charge in [0.25, 0.3) is 0 Å². The van der Waals surface area contributed by atoms with Crippen LogP contribution in [0.4, 0.5) is 0 Å². The average molecular weight is 367 g/mol. The average Bonchev–Trinajstić information content (AvgIpc) is 2.57. The summed E-state index contributed by atoms with van der Waals surface area (Å²) in [7, 11) is 2.23. The van der Waals surface area contributed by atoms with Gasteiger partial charge in [-0.05, 0) is 47.3 Å². The summed E-state index contributed by atoms with van der Waals surface area (Å²) in [5.74, 6) is 0. The topological polar surface area (TPSA) is 3.24 Å². The first-order valence-electron chi connectivity index (χ1n) is 5.61. The van der Waals surface area contributed by atoms with E-state index in [1.165, 1.54) is 35.2 Å². The Morgan fingerprint density at radius 2 is 2.25 bits per heavy atom. The minimum absolute atomic E-state index is 0.559. The van der Waals surface area contributed by atoms with Gasteiger partial charge in [-0.25, -0.2) is 0 Å². The summed E-state index contributed by atoms with van der Waals surface area (Å²) in [4.78, 5) is 3.90. The summed E-state index contributed by atoms with van der Waals surface area (Å²) in [5.41, 5.74) is 0.559. The third-order valence-corrected chi connectivity index (χ3v) is 6.22. The minimum atomic E-state index is 0.559. The maximum Gasteiger partial charge on any atom is 0.0325 e. The Labute approximate surface area is 118 Å². The van der Waals surface area contributed by atoms with Gasteiger partial charge in [0.1, 0.15) is 0 Å². The fraction of sp³-hybridized carbons (Fsp3) is 0.667. The highest BCUT2D eigenvalue weighted by Crippen LogP contribution is 2.43. The van der Waals surface area contributed by atoms with E-state index in [2.05, 4.69) is 55.3 Å². The molecule has 0 saturated heterocycles. The molecule has 0 bridgehead atoms. The molecule has 1 aliphatic carbocycles. The third-order valence-electron chi connectivity index (χ3n) is 3.35. The third kappa shape index (κ3) is 3.09. The Kier molecular flexibility index (Phi) is 4.50. The van der Waals surface area contributed by atoms with Gasteiger partial charge in [-0.2, -0.15) is 0 Å². The molecule has 90 valence electrons. The van der Waals surface area contributed by atoms with Gasteiger partial charge in [-0.15, -0.1) is 11.3 Å². The summed E-state index contributed by atoms with van der Waals surface area (Å²) >= 11 is 9.01. The van der Waals surface area contributed by atoms with Gasteiger partial charge >= 0.3 is 0 Å². The van der Waals surface area contributed by atoms with Crippen molar-refractivity contribution in [2.45, 2.75) is 25.8 Å². The Balaban J connectivity index is 1.86. The van der Waals surface area contributed by atoms with Crippen LogP contribution in [0.25, 0.3) is 0 Å². The Morgan fingerprint density at radius 1 is 1.50 bits per heavy atom. The lowest BCUT2D eigenvalue weighted by Gasteiger charge is -2.43. The second-order valence-corrected chi connectivity index (χ2v) is 7.36. The van der Waals surface area contributed by atoms with E-state index in [0.717, 1.165) is 11.9 Å². The first-order valence-corrected chi connectivity index (χ1v) is 8.40. The molecule has 1 aliphatic rings. The van der Waals surface area contributed by atoms with Crippen molar-refractivity contribution in [3.63, 3.8) is 0 Å². The van der Waals surface area contributed by atoms with Crippen LogP contribution in [0.3, 0.4) is 0 Å². The predicted octanol–water partition coefficient (Wildman–Crippen LogP) is 4.51. The molecule has 0 unspecified atom stereocenters. The molecule has 4 heteroatoms. The number of hydrogen-bond acceptors (Lipinski definition) is 2. The van der Waals surface area contributed by atoms with E-state index in [0.29, 0.717) is 5.41 Å². The summed E-state index contributed by atoms with van der Waals surface area (Å²) in [5, 5.41) is 3.31. The summed E-state index contributed by atoms with van der Waals surface area (Å²) in [6, 6.07) is 2.22. The zero-order valence-electron chi connectivity index (χ0n) is 9.51. The molecule has 0 aromatic carbocycles. The van der Waals surface area contributed by atoms with E-state index < -0.39 is 0 Å². The summed E-state index contributed by atoms with van der Waals surface area (Å²) in [6.45, 7) is 2.29. The van der Waals surface area contributed by atoms with E-state index >= 15 is 0 Å². The minimum Gasteiger partial charge on any atom is -0.301 e. The van der Waals surface area contributed by atoms with Crippen LogP contribution >= 0.6 is 43.2 Å². The van der Waals surface area contributed by atoms with E-state index in [1.54, 1.807) is 0 Å². The van der Waals surface area contributed by atoms with Gasteiger partial charge in [0.2, 0.25) is 0 Å². The number of rotatable bonds is 5. The fourth-order valence-corrected chi connectivity index (χ4v) is 4.61. The number of halogens is 2. The highest BCUT2D eigenvalue weighted by molar-refractivity contribution is 9.10. The highest BCUT2D eigenvalue weighted by atomic mass is 79.9. The van der Waals surface area contributed by atoms with Crippen molar-refractivity contribution in [3.05, 3.63) is 20.8 Å². The normalized spacial score (nSPS) is 18.8. The van der Waals surface area contributed by atoms with Crippen LogP contribution in [0.2, 0.25) is 0 Å². The van der Waals surface area contributed by atoms with Crippen molar-refractivity contribution in [2.75, 3.05) is 18.9 Å². The van der Waals surface area contributed by atoms with Crippen LogP contribution in [0.15, 0.2) is 15.9 Å². The molecule has 1 aromatic rings. The van der Waals surface area contributed by atoms with Crippen molar-refractivity contribution in [3.8, 4) is 0 Å². The number of alkyl halides is 1. The van der Waals surface area contributed by atoms with Gasteiger partial charge in [0.05, 0.1) is 0 Å². The zero-order valence-corrected chi connectivity index (χ0v) is 13.5. The molecule has 1 nitrogen and oxygen atoms in total. The molecule has 2 rings (SSSR count). The summed E-state index contributed by atoms with van der Waals surface area (Å²) in [6.07, 6.45) is 4.18. The van der Waals surface area contributed by atoms with Crippen LogP contribution in [-0.2, 0) is 6.54 Å². The standard InChI is InChI=1S/C12H17Br2NS/c1-15(6-11-5-10(14)7-16-11)9-12(8-13)3-2-4-12/h5,7H,2-4,6,8-9H2,1H3. The lowest BCUT2D eigenvalue weighted by atomic mass is 9.70. The number of thiophene rings is 1. The first kappa shape index (κ1) is 13.1. The largest absolute Gasteiger partial charge is 0.301 e. The molecule has 0 aliphatic heterocycles. The van der Waals surface area contributed by atoms with Crippen LogP contribution in [0, 0.1) is 5.41 Å². The van der Waals surface area contributed by atoms with Gasteiger partial charge in [0, 0.05) is 33.1 Å². The molecule has 0 N–H and O–H groups in total. The van der Waals surface area contributed by atoms with Crippen LogP contribution in [0.5, 0.6) is 0 Å². The molecule has 16 heavy (non-hydrogen) atoms. The van der Waals surface area contributed by atoms with Gasteiger partial charge in [-0.1, -0.05) is 22.4 Å². The predicted molar refractivity (Wildman–Crippen MR) is 78.4 cm³/mol. The molecule has 0 spiro atoms. The molecular weight excluding hydrogens is 350 g/mol. The molecule has 0 radical (unpaired) electrons. The fourth-order valence-electron chi connectivity index (χ4n) is 2.34. The van der Waals surface area contributed by atoms with E-state index in [9.17, 15) is 0 Å². The van der Waals surface area contributed by atoms with E-state index in [4.69, 9.17) is 0 Å². The number of nitrogens with zero attached hydrogens (tertiary/aromatic N) is 1. The lowest BCUT2D eigenvalue weighted by Crippen LogP contribution is -2.41. The van der Waals surface area contributed by atoms with Crippen molar-refractivity contribution < 1.29 is 0 Å². The lowest BCUT2D eigenvalue weighted by molar-refractivity contribution is 0.103. The maximum atomic E-state index is 3.67. The smallest absolute Gasteiger partial charge is 0.0325 e. The van der Waals surface area contributed by atoms with Gasteiger partial charge in [0.15, 0.2) is 0 Å². The quantitative estimate of drug-likeness (QED) is 0.693. The van der Waals surface area contributed by atoms with Crippen molar-refractivity contribution in [1.82, 2.24) is 4.90 Å². The van der Waals surface area contributed by atoms with Crippen LogP contribution in [0.1, 0.15) is 24.1 Å². The van der Waals surface area contributed by atoms with E-state index in [1.807, 2.05) is 11.3 Å². The molecule has 1 aromatic heterocycles. The van der Waals surface area contributed by atoms with Gasteiger partial charge < -0.3 is 4.90 Å². The number of hydrogen-bond donors (Lipinski definition) is 0. The molecule has 0 atom stereocenters. The molecular formula is C12H17Br2NS. The monoisotopic (exact) mass is 365 g/mol. The van der Waals surface area contributed by atoms with Crippen molar-refractivity contribution in [1.29, 1.82) is 0 Å². The van der Waals surface area contributed by atoms with E-state index in [-0.39, 0.29) is 0 Å². The molecule has 1 heterocycles. The second-order valence-electron chi connectivity index (χ2n) is 4.89. The molecule has 0 amide bonds. The SMILES string of the molecule is CN(Cc1cc(Br)cs1)CC1(CBr)CCC1. The Morgan fingerprint density at radius 3 is 2.69 bits per heavy atom. The maximum absolute atomic E-state index is 3.67. The van der Waals surface area contributed by atoms with Crippen molar-refractivity contribution in [2.24, 2.45) is 5.41 Å². The summed E-state index contributed by atoms with van der Waals surface area (Å²) < 4.78 is 1.21. The Bertz CT molecular complexity index is 341. The van der Waals surface area contributed by atoms with Crippen LogP contribution < -0.4 is 0 Å². The highest BCUT2D eigenvalue weighted by Gasteiger charge is 2.36. The Hall–Kier alpha value is 0.620. The van der Waals surface area contributed by atoms with Crippen LogP contribution in [-0.4, -0.2) is 23.8 Å². The molecule has 1 saturated carbocycles. The zero-order chi connectivity index (χ0) is 11.6.